The summed E-state index contributed by atoms with van der Waals surface area (Å²) in [5.74, 6) is 0.780. The fraction of sp³-hybridized carbons (Fsp3) is 0.533. The van der Waals surface area contributed by atoms with Crippen molar-refractivity contribution in [2.24, 2.45) is 0 Å². The van der Waals surface area contributed by atoms with Gasteiger partial charge in [0.25, 0.3) is 0 Å². The Kier molecular flexibility index (Phi) is 4.98. The molecule has 0 spiro atoms. The molecule has 0 saturated carbocycles. The number of amides is 1. The van der Waals surface area contributed by atoms with Gasteiger partial charge in [-0.3, -0.25) is 4.79 Å². The molecule has 1 atom stereocenters. The quantitative estimate of drug-likeness (QED) is 0.734. The molecular weight excluding hydrogens is 256 g/mol. The number of ether oxygens (including phenoxy) is 1. The molecule has 0 saturated heterocycles. The maximum Gasteiger partial charge on any atom is 0.224 e. The molecule has 0 bridgehead atoms. The minimum Gasteiger partial charge on any atom is -0.490 e. The molecule has 2 rings (SSSR count). The Morgan fingerprint density at radius 1 is 1.40 bits per heavy atom. The van der Waals surface area contributed by atoms with Crippen LogP contribution in [-0.4, -0.2) is 36.3 Å². The summed E-state index contributed by atoms with van der Waals surface area (Å²) >= 11 is 0. The Balaban J connectivity index is 1.93. The zero-order valence-electron chi connectivity index (χ0n) is 12.0. The van der Waals surface area contributed by atoms with Crippen LogP contribution in [0.2, 0.25) is 0 Å². The largest absolute Gasteiger partial charge is 0.490 e. The number of hydrogen-bond donors (Lipinski definition) is 3. The van der Waals surface area contributed by atoms with Crippen molar-refractivity contribution in [3.05, 3.63) is 23.8 Å². The van der Waals surface area contributed by atoms with Crippen molar-refractivity contribution < 1.29 is 14.6 Å². The first kappa shape index (κ1) is 14.8. The Morgan fingerprint density at radius 3 is 2.95 bits per heavy atom. The molecule has 1 heterocycles. The van der Waals surface area contributed by atoms with Gasteiger partial charge in [0, 0.05) is 30.3 Å². The second-order valence-corrected chi connectivity index (χ2v) is 5.36. The van der Waals surface area contributed by atoms with Crippen LogP contribution in [0.5, 0.6) is 5.75 Å². The predicted octanol–water partition coefficient (Wildman–Crippen LogP) is 1.31. The summed E-state index contributed by atoms with van der Waals surface area (Å²) in [7, 11) is 0. The van der Waals surface area contributed by atoms with Crippen molar-refractivity contribution in [2.75, 3.05) is 18.5 Å². The van der Waals surface area contributed by atoms with Crippen LogP contribution < -0.4 is 15.4 Å². The minimum absolute atomic E-state index is 0.0378. The molecule has 110 valence electrons. The van der Waals surface area contributed by atoms with Gasteiger partial charge in [0.2, 0.25) is 5.91 Å². The summed E-state index contributed by atoms with van der Waals surface area (Å²) in [5.41, 5.74) is 1.82. The number of nitrogens with one attached hydrogen (secondary N) is 2. The van der Waals surface area contributed by atoms with Crippen molar-refractivity contribution in [3.8, 4) is 5.75 Å². The average Bonchev–Trinajstić information content (AvgIpc) is 2.42. The molecule has 0 aliphatic carbocycles. The molecule has 5 heteroatoms. The number of carbonyl (C=O) groups is 1. The van der Waals surface area contributed by atoms with Crippen LogP contribution >= 0.6 is 0 Å². The Hall–Kier alpha value is -1.59. The van der Waals surface area contributed by atoms with Gasteiger partial charge in [-0.15, -0.1) is 0 Å². The van der Waals surface area contributed by atoms with Crippen LogP contribution in [0, 0.1) is 0 Å². The first-order valence-electron chi connectivity index (χ1n) is 7.02. The first-order chi connectivity index (χ1) is 9.56. The van der Waals surface area contributed by atoms with Gasteiger partial charge in [-0.25, -0.2) is 0 Å². The fourth-order valence-electron chi connectivity index (χ4n) is 2.14. The Labute approximate surface area is 119 Å². The smallest absolute Gasteiger partial charge is 0.224 e. The summed E-state index contributed by atoms with van der Waals surface area (Å²) in [6.45, 7) is 4.81. The molecule has 1 amide bonds. The van der Waals surface area contributed by atoms with Crippen LogP contribution in [0.4, 0.5) is 5.69 Å². The van der Waals surface area contributed by atoms with Crippen LogP contribution in [-0.2, 0) is 11.2 Å². The average molecular weight is 278 g/mol. The molecular formula is C15H22N2O3. The zero-order valence-corrected chi connectivity index (χ0v) is 12.0. The molecule has 1 aliphatic rings. The number of benzene rings is 1. The van der Waals surface area contributed by atoms with E-state index < -0.39 is 6.10 Å². The van der Waals surface area contributed by atoms with E-state index >= 15 is 0 Å². The molecule has 1 unspecified atom stereocenters. The third kappa shape index (κ3) is 3.95. The van der Waals surface area contributed by atoms with E-state index in [4.69, 9.17) is 4.74 Å². The summed E-state index contributed by atoms with van der Waals surface area (Å²) in [6.07, 6.45) is 0.606. The van der Waals surface area contributed by atoms with Gasteiger partial charge < -0.3 is 20.5 Å². The SMILES string of the molecule is CC(C)NCC(O)COc1cccc2c1CCC(=O)N2. The normalized spacial score (nSPS) is 15.7. The van der Waals surface area contributed by atoms with Crippen LogP contribution in [0.25, 0.3) is 0 Å². The lowest BCUT2D eigenvalue weighted by Crippen LogP contribution is -2.35. The van der Waals surface area contributed by atoms with Gasteiger partial charge >= 0.3 is 0 Å². The van der Waals surface area contributed by atoms with E-state index in [2.05, 4.69) is 10.6 Å². The summed E-state index contributed by atoms with van der Waals surface area (Å²) in [6, 6.07) is 5.93. The Morgan fingerprint density at radius 2 is 2.20 bits per heavy atom. The number of rotatable bonds is 6. The predicted molar refractivity (Wildman–Crippen MR) is 78.0 cm³/mol. The summed E-state index contributed by atoms with van der Waals surface area (Å²) < 4.78 is 5.69. The van der Waals surface area contributed by atoms with Crippen molar-refractivity contribution in [1.29, 1.82) is 0 Å². The fourth-order valence-corrected chi connectivity index (χ4v) is 2.14. The van der Waals surface area contributed by atoms with Gasteiger partial charge in [0.15, 0.2) is 0 Å². The summed E-state index contributed by atoms with van der Waals surface area (Å²) in [5, 5.41) is 15.8. The lowest BCUT2D eigenvalue weighted by molar-refractivity contribution is -0.116. The second kappa shape index (κ2) is 6.72. The molecule has 5 nitrogen and oxygen atoms in total. The van der Waals surface area contributed by atoms with Gasteiger partial charge in [-0.1, -0.05) is 19.9 Å². The number of aliphatic hydroxyl groups is 1. The van der Waals surface area contributed by atoms with Crippen molar-refractivity contribution in [3.63, 3.8) is 0 Å². The molecule has 0 fully saturated rings. The highest BCUT2D eigenvalue weighted by molar-refractivity contribution is 5.94. The molecule has 1 aliphatic heterocycles. The minimum atomic E-state index is -0.550. The van der Waals surface area contributed by atoms with Crippen molar-refractivity contribution in [2.45, 2.75) is 38.8 Å². The standard InChI is InChI=1S/C15H22N2O3/c1-10(2)16-8-11(18)9-20-14-5-3-4-13-12(14)6-7-15(19)17-13/h3-5,10-11,16,18H,6-9H2,1-2H3,(H,17,19). The number of carbonyl (C=O) groups excluding carboxylic acids is 1. The molecule has 0 aromatic heterocycles. The molecule has 1 aromatic carbocycles. The van der Waals surface area contributed by atoms with Crippen LogP contribution in [0.3, 0.4) is 0 Å². The van der Waals surface area contributed by atoms with Crippen LogP contribution in [0.15, 0.2) is 18.2 Å². The zero-order chi connectivity index (χ0) is 14.5. The molecule has 0 radical (unpaired) electrons. The number of anilines is 1. The van der Waals surface area contributed by atoms with Gasteiger partial charge in [0.1, 0.15) is 18.5 Å². The van der Waals surface area contributed by atoms with E-state index in [-0.39, 0.29) is 12.5 Å². The third-order valence-corrected chi connectivity index (χ3v) is 3.20. The lowest BCUT2D eigenvalue weighted by atomic mass is 10.0. The molecule has 20 heavy (non-hydrogen) atoms. The topological polar surface area (TPSA) is 70.6 Å². The molecule has 3 N–H and O–H groups in total. The van der Waals surface area contributed by atoms with E-state index in [1.807, 2.05) is 32.0 Å². The number of hydrogen-bond acceptors (Lipinski definition) is 4. The van der Waals surface area contributed by atoms with Crippen LogP contribution in [0.1, 0.15) is 25.8 Å². The van der Waals surface area contributed by atoms with E-state index in [1.54, 1.807) is 0 Å². The first-order valence-corrected chi connectivity index (χ1v) is 7.02. The highest BCUT2D eigenvalue weighted by Gasteiger charge is 2.18. The van der Waals surface area contributed by atoms with Crippen molar-refractivity contribution in [1.82, 2.24) is 5.32 Å². The second-order valence-electron chi connectivity index (χ2n) is 5.36. The van der Waals surface area contributed by atoms with E-state index in [1.165, 1.54) is 0 Å². The highest BCUT2D eigenvalue weighted by Crippen LogP contribution is 2.31. The third-order valence-electron chi connectivity index (χ3n) is 3.20. The van der Waals surface area contributed by atoms with E-state index in [9.17, 15) is 9.90 Å². The maximum absolute atomic E-state index is 11.4. The summed E-state index contributed by atoms with van der Waals surface area (Å²) in [4.78, 5) is 11.4. The number of fused-ring (bicyclic) bond motifs is 1. The lowest BCUT2D eigenvalue weighted by Gasteiger charge is -2.21. The maximum atomic E-state index is 11.4. The molecule has 1 aromatic rings. The Bertz CT molecular complexity index is 474. The van der Waals surface area contributed by atoms with E-state index in [0.717, 1.165) is 17.0 Å². The van der Waals surface area contributed by atoms with Crippen molar-refractivity contribution >= 4 is 11.6 Å². The van der Waals surface area contributed by atoms with Gasteiger partial charge in [0.05, 0.1) is 0 Å². The highest BCUT2D eigenvalue weighted by atomic mass is 16.5. The van der Waals surface area contributed by atoms with Gasteiger partial charge in [-0.2, -0.15) is 0 Å². The van der Waals surface area contributed by atoms with Gasteiger partial charge in [-0.05, 0) is 18.6 Å². The monoisotopic (exact) mass is 278 g/mol. The number of aliphatic hydroxyl groups excluding tert-OH is 1. The van der Waals surface area contributed by atoms with E-state index in [0.29, 0.717) is 25.4 Å².